The van der Waals surface area contributed by atoms with Crippen LogP contribution in [0.5, 0.6) is 0 Å². The van der Waals surface area contributed by atoms with Crippen molar-refractivity contribution in [1.82, 2.24) is 0 Å². The highest BCUT2D eigenvalue weighted by Gasteiger charge is 2.26. The summed E-state index contributed by atoms with van der Waals surface area (Å²) in [6, 6.07) is 6.84. The van der Waals surface area contributed by atoms with E-state index in [9.17, 15) is 18.0 Å². The molecule has 0 saturated carbocycles. The standard InChI is InChI=1S/C15H20N2O4S/c1-11(18)16-13-5-2-6-14(9-13)17-15(19)8-12-4-3-7-22(20,21)10-12/h2,5-6,9,12H,3-4,7-8,10H2,1H3,(H,16,18)(H,17,19). The quantitative estimate of drug-likeness (QED) is 0.883. The predicted octanol–water partition coefficient (Wildman–Crippen LogP) is 1.80. The van der Waals surface area contributed by atoms with Crippen molar-refractivity contribution < 1.29 is 18.0 Å². The van der Waals surface area contributed by atoms with E-state index in [2.05, 4.69) is 10.6 Å². The molecule has 22 heavy (non-hydrogen) atoms. The van der Waals surface area contributed by atoms with Crippen molar-refractivity contribution in [2.45, 2.75) is 26.2 Å². The van der Waals surface area contributed by atoms with E-state index >= 15 is 0 Å². The van der Waals surface area contributed by atoms with Crippen molar-refractivity contribution >= 4 is 33.0 Å². The number of sulfone groups is 1. The SMILES string of the molecule is CC(=O)Nc1cccc(NC(=O)CC2CCCS(=O)(=O)C2)c1. The topological polar surface area (TPSA) is 92.3 Å². The van der Waals surface area contributed by atoms with Gasteiger partial charge in [0.05, 0.1) is 11.5 Å². The first-order valence-corrected chi connectivity index (χ1v) is 9.04. The molecule has 2 rings (SSSR count). The second kappa shape index (κ2) is 6.91. The zero-order valence-corrected chi connectivity index (χ0v) is 13.3. The molecule has 0 radical (unpaired) electrons. The second-order valence-corrected chi connectivity index (χ2v) is 7.87. The number of hydrogen-bond donors (Lipinski definition) is 2. The lowest BCUT2D eigenvalue weighted by Gasteiger charge is -2.21. The van der Waals surface area contributed by atoms with Crippen LogP contribution in [0.25, 0.3) is 0 Å². The lowest BCUT2D eigenvalue weighted by Crippen LogP contribution is -2.28. The van der Waals surface area contributed by atoms with Gasteiger partial charge >= 0.3 is 0 Å². The minimum atomic E-state index is -3.00. The largest absolute Gasteiger partial charge is 0.326 e. The summed E-state index contributed by atoms with van der Waals surface area (Å²) in [5.74, 6) is -0.189. The van der Waals surface area contributed by atoms with Crippen LogP contribution in [0.1, 0.15) is 26.2 Å². The second-order valence-electron chi connectivity index (χ2n) is 5.64. The molecule has 2 amide bonds. The summed E-state index contributed by atoms with van der Waals surface area (Å²) in [6.45, 7) is 1.41. The molecular weight excluding hydrogens is 304 g/mol. The minimum absolute atomic E-state index is 0.0896. The van der Waals surface area contributed by atoms with Crippen LogP contribution in [0, 0.1) is 5.92 Å². The van der Waals surface area contributed by atoms with Gasteiger partial charge in [-0.3, -0.25) is 9.59 Å². The first-order valence-electron chi connectivity index (χ1n) is 7.22. The van der Waals surface area contributed by atoms with Gasteiger partial charge in [-0.15, -0.1) is 0 Å². The van der Waals surface area contributed by atoms with Gasteiger partial charge in [-0.1, -0.05) is 6.07 Å². The maximum absolute atomic E-state index is 12.0. The molecule has 1 aromatic carbocycles. The van der Waals surface area contributed by atoms with E-state index in [0.717, 1.165) is 6.42 Å². The Hall–Kier alpha value is -1.89. The Balaban J connectivity index is 1.93. The molecule has 0 aromatic heterocycles. The number of nitrogens with one attached hydrogen (secondary N) is 2. The Labute approximate surface area is 130 Å². The zero-order valence-electron chi connectivity index (χ0n) is 12.5. The van der Waals surface area contributed by atoms with Gasteiger partial charge in [-0.25, -0.2) is 8.42 Å². The first kappa shape index (κ1) is 16.5. The summed E-state index contributed by atoms with van der Waals surface area (Å²) in [4.78, 5) is 23.0. The van der Waals surface area contributed by atoms with Gasteiger partial charge in [0.25, 0.3) is 0 Å². The average molecular weight is 324 g/mol. The van der Waals surface area contributed by atoms with Gasteiger partial charge in [-0.2, -0.15) is 0 Å². The van der Waals surface area contributed by atoms with Crippen molar-refractivity contribution in [1.29, 1.82) is 0 Å². The lowest BCUT2D eigenvalue weighted by molar-refractivity contribution is -0.117. The van der Waals surface area contributed by atoms with Crippen molar-refractivity contribution in [2.24, 2.45) is 5.92 Å². The van der Waals surface area contributed by atoms with E-state index in [0.29, 0.717) is 17.8 Å². The lowest BCUT2D eigenvalue weighted by atomic mass is 10.0. The van der Waals surface area contributed by atoms with Gasteiger partial charge < -0.3 is 10.6 Å². The van der Waals surface area contributed by atoms with Crippen LogP contribution in [0.15, 0.2) is 24.3 Å². The minimum Gasteiger partial charge on any atom is -0.326 e. The number of anilines is 2. The summed E-state index contributed by atoms with van der Waals surface area (Å²) in [6.07, 6.45) is 1.58. The maximum Gasteiger partial charge on any atom is 0.224 e. The molecule has 120 valence electrons. The van der Waals surface area contributed by atoms with Crippen LogP contribution in [0.4, 0.5) is 11.4 Å². The molecule has 2 N–H and O–H groups in total. The highest BCUT2D eigenvalue weighted by Crippen LogP contribution is 2.22. The molecular formula is C15H20N2O4S. The molecule has 0 aliphatic carbocycles. The fraction of sp³-hybridized carbons (Fsp3) is 0.467. The number of benzene rings is 1. The van der Waals surface area contributed by atoms with Crippen molar-refractivity contribution in [3.05, 3.63) is 24.3 Å². The number of carbonyl (C=O) groups is 2. The fourth-order valence-electron chi connectivity index (χ4n) is 2.63. The van der Waals surface area contributed by atoms with Crippen LogP contribution in [-0.2, 0) is 19.4 Å². The van der Waals surface area contributed by atoms with Gasteiger partial charge in [0, 0.05) is 24.7 Å². The van der Waals surface area contributed by atoms with E-state index in [1.54, 1.807) is 24.3 Å². The highest BCUT2D eigenvalue weighted by molar-refractivity contribution is 7.91. The maximum atomic E-state index is 12.0. The van der Waals surface area contributed by atoms with Gasteiger partial charge in [0.2, 0.25) is 11.8 Å². The van der Waals surface area contributed by atoms with E-state index in [1.807, 2.05) is 0 Å². The van der Waals surface area contributed by atoms with E-state index in [-0.39, 0.29) is 35.7 Å². The van der Waals surface area contributed by atoms with Crippen molar-refractivity contribution in [2.75, 3.05) is 22.1 Å². The summed E-state index contributed by atoms with van der Waals surface area (Å²) >= 11 is 0. The first-order chi connectivity index (χ1) is 10.3. The molecule has 1 fully saturated rings. The number of amides is 2. The molecule has 1 heterocycles. The average Bonchev–Trinajstić information content (AvgIpc) is 2.36. The molecule has 1 aliphatic heterocycles. The third-order valence-corrected chi connectivity index (χ3v) is 5.39. The number of hydrogen-bond acceptors (Lipinski definition) is 4. The molecule has 1 unspecified atom stereocenters. The van der Waals surface area contributed by atoms with Crippen LogP contribution in [0.3, 0.4) is 0 Å². The van der Waals surface area contributed by atoms with Crippen LogP contribution in [-0.4, -0.2) is 31.7 Å². The smallest absolute Gasteiger partial charge is 0.224 e. The van der Waals surface area contributed by atoms with Crippen LogP contribution in [0.2, 0.25) is 0 Å². The van der Waals surface area contributed by atoms with E-state index in [1.165, 1.54) is 6.92 Å². The Kier molecular flexibility index (Phi) is 5.18. The number of carbonyl (C=O) groups excluding carboxylic acids is 2. The molecule has 1 aliphatic rings. The molecule has 0 bridgehead atoms. The van der Waals surface area contributed by atoms with Gasteiger partial charge in [0.15, 0.2) is 9.84 Å². The Bertz CT molecular complexity index is 670. The Morgan fingerprint density at radius 2 is 1.91 bits per heavy atom. The summed E-state index contributed by atoms with van der Waals surface area (Å²) in [5, 5.41) is 5.39. The third-order valence-electron chi connectivity index (χ3n) is 3.50. The van der Waals surface area contributed by atoms with Crippen molar-refractivity contribution in [3.8, 4) is 0 Å². The molecule has 1 aromatic rings. The summed E-state index contributed by atoms with van der Waals surface area (Å²) < 4.78 is 23.2. The fourth-order valence-corrected chi connectivity index (χ4v) is 4.41. The Morgan fingerprint density at radius 3 is 2.55 bits per heavy atom. The molecule has 0 spiro atoms. The van der Waals surface area contributed by atoms with Gasteiger partial charge in [0.1, 0.15) is 0 Å². The van der Waals surface area contributed by atoms with Gasteiger partial charge in [-0.05, 0) is 37.0 Å². The van der Waals surface area contributed by atoms with E-state index < -0.39 is 9.84 Å². The predicted molar refractivity (Wildman–Crippen MR) is 85.4 cm³/mol. The van der Waals surface area contributed by atoms with Crippen LogP contribution < -0.4 is 10.6 Å². The Morgan fingerprint density at radius 1 is 1.23 bits per heavy atom. The van der Waals surface area contributed by atoms with E-state index in [4.69, 9.17) is 0 Å². The molecule has 1 saturated heterocycles. The summed E-state index contributed by atoms with van der Waals surface area (Å²) in [7, 11) is -3.00. The summed E-state index contributed by atoms with van der Waals surface area (Å²) in [5.41, 5.74) is 1.18. The van der Waals surface area contributed by atoms with Crippen molar-refractivity contribution in [3.63, 3.8) is 0 Å². The third kappa shape index (κ3) is 5.14. The zero-order chi connectivity index (χ0) is 16.2. The normalized spacial score (nSPS) is 20.1. The monoisotopic (exact) mass is 324 g/mol. The molecule has 6 nitrogen and oxygen atoms in total. The molecule has 7 heteroatoms. The van der Waals surface area contributed by atoms with Crippen LogP contribution >= 0.6 is 0 Å². The number of rotatable bonds is 4. The molecule has 1 atom stereocenters. The highest BCUT2D eigenvalue weighted by atomic mass is 32.2.